The van der Waals surface area contributed by atoms with Gasteiger partial charge in [0.25, 0.3) is 0 Å². The molecule has 1 aromatic carbocycles. The normalized spacial score (nSPS) is 29.2. The Bertz CT molecular complexity index is 653. The van der Waals surface area contributed by atoms with E-state index in [4.69, 9.17) is 9.47 Å². The molecule has 2 aliphatic carbocycles. The van der Waals surface area contributed by atoms with Crippen LogP contribution >= 0.6 is 0 Å². The summed E-state index contributed by atoms with van der Waals surface area (Å²) < 4.78 is 10.5. The largest absolute Gasteiger partial charge is 0.467 e. The molecule has 1 heterocycles. The summed E-state index contributed by atoms with van der Waals surface area (Å²) >= 11 is 0. The maximum Gasteiger partial charge on any atom is 0.410 e. The maximum absolute atomic E-state index is 12.6. The van der Waals surface area contributed by atoms with Crippen LogP contribution in [0.4, 0.5) is 4.79 Å². The molecule has 0 unspecified atom stereocenters. The number of hydrogen-bond donors (Lipinski definition) is 0. The predicted octanol–water partition coefficient (Wildman–Crippen LogP) is 3.38. The van der Waals surface area contributed by atoms with Crippen molar-refractivity contribution in [2.24, 2.45) is 17.3 Å². The molecule has 3 aliphatic rings. The van der Waals surface area contributed by atoms with Gasteiger partial charge in [-0.25, -0.2) is 9.59 Å². The van der Waals surface area contributed by atoms with Crippen LogP contribution in [0.5, 0.6) is 0 Å². The lowest BCUT2D eigenvalue weighted by Crippen LogP contribution is -2.47. The van der Waals surface area contributed by atoms with E-state index in [1.807, 2.05) is 30.3 Å². The average molecular weight is 343 g/mol. The van der Waals surface area contributed by atoms with Crippen molar-refractivity contribution >= 4 is 12.1 Å². The van der Waals surface area contributed by atoms with Crippen molar-refractivity contribution in [3.63, 3.8) is 0 Å². The van der Waals surface area contributed by atoms with Gasteiger partial charge in [0.2, 0.25) is 0 Å². The van der Waals surface area contributed by atoms with Gasteiger partial charge in [0.05, 0.1) is 7.11 Å². The van der Waals surface area contributed by atoms with E-state index in [2.05, 4.69) is 0 Å². The standard InChI is InChI=1S/C20H25NO4/c1-24-18(22)17-16-15(20(16)10-6-3-7-11-20)12-21(17)19(23)25-13-14-8-4-2-5-9-14/h2,4-5,8-9,15-17H,3,6-7,10-13H2,1H3/t15-,16-,17-/m0/s1. The Balaban J connectivity index is 1.45. The average Bonchev–Trinajstić information content (AvgIpc) is 3.05. The zero-order chi connectivity index (χ0) is 17.4. The van der Waals surface area contributed by atoms with Crippen LogP contribution in [-0.2, 0) is 20.9 Å². The molecule has 4 rings (SSSR count). The minimum atomic E-state index is -0.476. The molecule has 0 N–H and O–H groups in total. The molecular formula is C20H25NO4. The van der Waals surface area contributed by atoms with Gasteiger partial charge in [-0.15, -0.1) is 0 Å². The highest BCUT2D eigenvalue weighted by Crippen LogP contribution is 2.71. The third kappa shape index (κ3) is 2.70. The number of rotatable bonds is 3. The summed E-state index contributed by atoms with van der Waals surface area (Å²) in [5, 5.41) is 0. The number of fused-ring (bicyclic) bond motifs is 3. The van der Waals surface area contributed by atoms with Crippen LogP contribution in [0.15, 0.2) is 30.3 Å². The summed E-state index contributed by atoms with van der Waals surface area (Å²) in [6.45, 7) is 0.850. The Morgan fingerprint density at radius 2 is 1.88 bits per heavy atom. The van der Waals surface area contributed by atoms with E-state index in [0.717, 1.165) is 5.56 Å². The number of carbonyl (C=O) groups excluding carboxylic acids is 2. The molecule has 1 spiro atoms. The van der Waals surface area contributed by atoms with Gasteiger partial charge in [-0.1, -0.05) is 49.6 Å². The topological polar surface area (TPSA) is 55.8 Å². The number of benzene rings is 1. The number of piperidine rings is 1. The summed E-state index contributed by atoms with van der Waals surface area (Å²) in [6.07, 6.45) is 5.72. The first-order valence-electron chi connectivity index (χ1n) is 9.22. The summed E-state index contributed by atoms with van der Waals surface area (Å²) in [5.74, 6) is 0.386. The van der Waals surface area contributed by atoms with Crippen molar-refractivity contribution in [3.05, 3.63) is 35.9 Å². The van der Waals surface area contributed by atoms with Crippen molar-refractivity contribution in [2.75, 3.05) is 13.7 Å². The van der Waals surface area contributed by atoms with E-state index in [1.54, 1.807) is 4.90 Å². The molecule has 25 heavy (non-hydrogen) atoms. The zero-order valence-corrected chi connectivity index (χ0v) is 14.6. The molecule has 3 fully saturated rings. The highest BCUT2D eigenvalue weighted by Gasteiger charge is 2.73. The fraction of sp³-hybridized carbons (Fsp3) is 0.600. The van der Waals surface area contributed by atoms with E-state index in [-0.39, 0.29) is 23.9 Å². The van der Waals surface area contributed by atoms with Gasteiger partial charge in [0.15, 0.2) is 0 Å². The van der Waals surface area contributed by atoms with Gasteiger partial charge in [-0.3, -0.25) is 4.90 Å². The van der Waals surface area contributed by atoms with Gasteiger partial charge in [0, 0.05) is 12.5 Å². The molecule has 0 radical (unpaired) electrons. The van der Waals surface area contributed by atoms with Crippen molar-refractivity contribution in [2.45, 2.75) is 44.8 Å². The third-order valence-electron chi connectivity index (χ3n) is 6.46. The molecule has 1 saturated heterocycles. The monoisotopic (exact) mass is 343 g/mol. The Kier molecular flexibility index (Phi) is 4.18. The molecular weight excluding hydrogens is 318 g/mol. The van der Waals surface area contributed by atoms with Crippen LogP contribution in [0.2, 0.25) is 0 Å². The number of likely N-dealkylation sites (tertiary alicyclic amines) is 1. The van der Waals surface area contributed by atoms with Gasteiger partial charge in [-0.2, -0.15) is 0 Å². The molecule has 134 valence electrons. The van der Waals surface area contributed by atoms with Gasteiger partial charge >= 0.3 is 12.1 Å². The molecule has 1 aromatic rings. The first kappa shape index (κ1) is 16.4. The van der Waals surface area contributed by atoms with E-state index in [0.29, 0.717) is 12.5 Å². The number of esters is 1. The van der Waals surface area contributed by atoms with Crippen LogP contribution in [0.25, 0.3) is 0 Å². The van der Waals surface area contributed by atoms with E-state index in [9.17, 15) is 9.59 Å². The highest BCUT2D eigenvalue weighted by atomic mass is 16.6. The fourth-order valence-corrected chi connectivity index (χ4v) is 5.26. The number of methoxy groups -OCH3 is 1. The first-order valence-corrected chi connectivity index (χ1v) is 9.22. The Labute approximate surface area is 148 Å². The molecule has 5 nitrogen and oxygen atoms in total. The second kappa shape index (κ2) is 6.36. The van der Waals surface area contributed by atoms with Gasteiger partial charge in [0.1, 0.15) is 12.6 Å². The Morgan fingerprint density at radius 3 is 2.56 bits per heavy atom. The third-order valence-corrected chi connectivity index (χ3v) is 6.46. The molecule has 1 amide bonds. The number of carbonyl (C=O) groups is 2. The molecule has 0 bridgehead atoms. The Hall–Kier alpha value is -2.04. The second-order valence-electron chi connectivity index (χ2n) is 7.59. The van der Waals surface area contributed by atoms with Crippen molar-refractivity contribution in [1.82, 2.24) is 4.90 Å². The molecule has 3 atom stereocenters. The van der Waals surface area contributed by atoms with Gasteiger partial charge in [-0.05, 0) is 29.7 Å². The minimum absolute atomic E-state index is 0.227. The fourth-order valence-electron chi connectivity index (χ4n) is 5.26. The number of ether oxygens (including phenoxy) is 2. The van der Waals surface area contributed by atoms with Crippen molar-refractivity contribution in [3.8, 4) is 0 Å². The quantitative estimate of drug-likeness (QED) is 0.790. The smallest absolute Gasteiger partial charge is 0.410 e. The molecule has 1 aliphatic heterocycles. The number of nitrogens with zero attached hydrogens (tertiary/aromatic N) is 1. The molecule has 5 heteroatoms. The summed E-state index contributed by atoms with van der Waals surface area (Å²) in [5.41, 5.74) is 1.21. The summed E-state index contributed by atoms with van der Waals surface area (Å²) in [7, 11) is 1.40. The van der Waals surface area contributed by atoms with Crippen molar-refractivity contribution < 1.29 is 19.1 Å². The second-order valence-corrected chi connectivity index (χ2v) is 7.59. The minimum Gasteiger partial charge on any atom is -0.467 e. The number of amides is 1. The lowest BCUT2D eigenvalue weighted by molar-refractivity contribution is -0.147. The predicted molar refractivity (Wildman–Crippen MR) is 91.6 cm³/mol. The van der Waals surface area contributed by atoms with Crippen LogP contribution in [-0.4, -0.2) is 36.7 Å². The van der Waals surface area contributed by atoms with Crippen LogP contribution in [0, 0.1) is 17.3 Å². The SMILES string of the molecule is COC(=O)[C@@H]1[C@@H]2[C@H](CN1C(=O)OCc1ccccc1)C21CCCCC1. The van der Waals surface area contributed by atoms with Crippen molar-refractivity contribution in [1.29, 1.82) is 0 Å². The Morgan fingerprint density at radius 1 is 1.16 bits per heavy atom. The zero-order valence-electron chi connectivity index (χ0n) is 14.6. The van der Waals surface area contributed by atoms with E-state index >= 15 is 0 Å². The van der Waals surface area contributed by atoms with Crippen LogP contribution in [0.1, 0.15) is 37.7 Å². The highest BCUT2D eigenvalue weighted by molar-refractivity contribution is 5.83. The molecule has 0 aromatic heterocycles. The summed E-state index contributed by atoms with van der Waals surface area (Å²) in [4.78, 5) is 26.6. The number of hydrogen-bond acceptors (Lipinski definition) is 4. The molecule has 2 saturated carbocycles. The lowest BCUT2D eigenvalue weighted by atomic mass is 9.81. The first-order chi connectivity index (χ1) is 12.2. The van der Waals surface area contributed by atoms with Gasteiger partial charge < -0.3 is 9.47 Å². The lowest BCUT2D eigenvalue weighted by Gasteiger charge is -2.33. The van der Waals surface area contributed by atoms with Crippen LogP contribution in [0.3, 0.4) is 0 Å². The van der Waals surface area contributed by atoms with Crippen LogP contribution < -0.4 is 0 Å². The van der Waals surface area contributed by atoms with E-state index in [1.165, 1.54) is 39.2 Å². The maximum atomic E-state index is 12.6. The van der Waals surface area contributed by atoms with E-state index < -0.39 is 12.1 Å². The summed E-state index contributed by atoms with van der Waals surface area (Å²) in [6, 6.07) is 9.12.